The molecule has 0 fully saturated rings. The molecule has 0 heterocycles. The molecule has 0 saturated carbocycles. The zero-order chi connectivity index (χ0) is 25.9. The van der Waals surface area contributed by atoms with E-state index in [9.17, 15) is 29.4 Å². The smallest absolute Gasteiger partial charge is 0.319 e. The van der Waals surface area contributed by atoms with E-state index in [0.29, 0.717) is 18.7 Å². The molecule has 10 heteroatoms. The van der Waals surface area contributed by atoms with E-state index in [1.165, 1.54) is 77.0 Å². The highest BCUT2D eigenvalue weighted by atomic mass is 19.1. The van der Waals surface area contributed by atoms with Gasteiger partial charge in [-0.15, -0.1) is 0 Å². The standard InChI is InChI=1S/C25H41FN4O5/c1-2-3-4-5-6-7-8-9-10-11-12-13-14-15-16-17-18-27-25(31)28-24-22(29(32)33)19-21(26)20-23(24)30(34)35/h19-20H,2-18H2,1H3,(H2,27,28,31). The number of halogens is 1. The third-order valence-electron chi connectivity index (χ3n) is 6.01. The van der Waals surface area contributed by atoms with E-state index >= 15 is 0 Å². The quantitative estimate of drug-likeness (QED) is 0.107. The zero-order valence-electron chi connectivity index (χ0n) is 21.0. The van der Waals surface area contributed by atoms with Gasteiger partial charge in [-0.2, -0.15) is 0 Å². The van der Waals surface area contributed by atoms with Crippen molar-refractivity contribution in [2.75, 3.05) is 11.9 Å². The molecule has 0 aliphatic heterocycles. The van der Waals surface area contributed by atoms with Gasteiger partial charge in [-0.05, 0) is 6.42 Å². The van der Waals surface area contributed by atoms with E-state index in [4.69, 9.17) is 0 Å². The third-order valence-corrected chi connectivity index (χ3v) is 6.01. The summed E-state index contributed by atoms with van der Waals surface area (Å²) in [6.45, 7) is 2.58. The van der Waals surface area contributed by atoms with Crippen LogP contribution in [0.15, 0.2) is 12.1 Å². The maximum atomic E-state index is 13.5. The van der Waals surface area contributed by atoms with E-state index in [-0.39, 0.29) is 0 Å². The Kier molecular flexibility index (Phi) is 16.0. The van der Waals surface area contributed by atoms with Crippen LogP contribution >= 0.6 is 0 Å². The average Bonchev–Trinajstić information content (AvgIpc) is 2.81. The van der Waals surface area contributed by atoms with Crippen molar-refractivity contribution in [1.29, 1.82) is 0 Å². The van der Waals surface area contributed by atoms with Crippen LogP contribution in [-0.4, -0.2) is 22.4 Å². The van der Waals surface area contributed by atoms with Crippen LogP contribution in [0, 0.1) is 26.0 Å². The summed E-state index contributed by atoms with van der Waals surface area (Å²) in [4.78, 5) is 32.3. The molecule has 1 rings (SSSR count). The van der Waals surface area contributed by atoms with E-state index in [1.807, 2.05) is 0 Å². The molecule has 0 aliphatic rings. The second kappa shape index (κ2) is 18.5. The van der Waals surface area contributed by atoms with Crippen molar-refractivity contribution in [3.63, 3.8) is 0 Å². The second-order valence-electron chi connectivity index (χ2n) is 9.02. The number of urea groups is 1. The molecule has 0 radical (unpaired) electrons. The van der Waals surface area contributed by atoms with Gasteiger partial charge >= 0.3 is 17.4 Å². The van der Waals surface area contributed by atoms with Gasteiger partial charge < -0.3 is 5.32 Å². The molecule has 0 aliphatic carbocycles. The molecule has 2 amide bonds. The summed E-state index contributed by atoms with van der Waals surface area (Å²) in [5.41, 5.74) is -2.37. The molecular weight excluding hydrogens is 455 g/mol. The number of rotatable bonds is 20. The summed E-state index contributed by atoms with van der Waals surface area (Å²) in [5, 5.41) is 26.9. The van der Waals surface area contributed by atoms with Gasteiger partial charge in [-0.3, -0.25) is 25.5 Å². The molecule has 1 aromatic rings. The SMILES string of the molecule is CCCCCCCCCCCCCCCCCCNC(=O)Nc1c([N+](=O)[O-])cc(F)cc1[N+](=O)[O-]. The number of carbonyl (C=O) groups is 1. The van der Waals surface area contributed by atoms with Gasteiger partial charge in [0, 0.05) is 6.54 Å². The minimum atomic E-state index is -1.12. The Morgan fingerprint density at radius 2 is 1.11 bits per heavy atom. The Morgan fingerprint density at radius 3 is 1.49 bits per heavy atom. The van der Waals surface area contributed by atoms with Crippen molar-refractivity contribution in [2.45, 2.75) is 110 Å². The molecule has 0 unspecified atom stereocenters. The number of hydrogen-bond donors (Lipinski definition) is 2. The number of amides is 2. The second-order valence-corrected chi connectivity index (χ2v) is 9.02. The molecule has 2 N–H and O–H groups in total. The van der Waals surface area contributed by atoms with Gasteiger partial charge in [0.1, 0.15) is 5.82 Å². The number of anilines is 1. The Balaban J connectivity index is 2.10. The molecule has 35 heavy (non-hydrogen) atoms. The number of hydrogen-bond acceptors (Lipinski definition) is 5. The van der Waals surface area contributed by atoms with Crippen LogP contribution in [0.4, 0.5) is 26.2 Å². The van der Waals surface area contributed by atoms with Crippen molar-refractivity contribution in [3.05, 3.63) is 38.2 Å². The fraction of sp³-hybridized carbons (Fsp3) is 0.720. The van der Waals surface area contributed by atoms with Crippen LogP contribution in [0.25, 0.3) is 0 Å². The highest BCUT2D eigenvalue weighted by Crippen LogP contribution is 2.35. The van der Waals surface area contributed by atoms with Gasteiger partial charge in [-0.1, -0.05) is 103 Å². The highest BCUT2D eigenvalue weighted by Gasteiger charge is 2.28. The van der Waals surface area contributed by atoms with E-state index < -0.39 is 38.8 Å². The summed E-state index contributed by atoms with van der Waals surface area (Å²) in [5.74, 6) is -1.12. The molecule has 0 aromatic heterocycles. The van der Waals surface area contributed by atoms with Crippen molar-refractivity contribution < 1.29 is 19.0 Å². The minimum absolute atomic E-state index is 0.340. The molecule has 0 saturated heterocycles. The average molecular weight is 497 g/mol. The topological polar surface area (TPSA) is 127 Å². The third kappa shape index (κ3) is 13.6. The Morgan fingerprint density at radius 1 is 0.743 bits per heavy atom. The Labute approximate surface area is 207 Å². The lowest BCUT2D eigenvalue weighted by atomic mass is 10.0. The first-order chi connectivity index (χ1) is 16.9. The monoisotopic (exact) mass is 496 g/mol. The first-order valence-electron chi connectivity index (χ1n) is 13.0. The van der Waals surface area contributed by atoms with Crippen molar-refractivity contribution in [3.8, 4) is 0 Å². The first kappa shape index (κ1) is 30.3. The van der Waals surface area contributed by atoms with Crippen LogP contribution in [0.3, 0.4) is 0 Å². The summed E-state index contributed by atoms with van der Waals surface area (Å²) in [6, 6.07) is 0.278. The number of nitrogens with zero attached hydrogens (tertiary/aromatic N) is 2. The normalized spacial score (nSPS) is 10.8. The summed E-state index contributed by atoms with van der Waals surface area (Å²) < 4.78 is 13.5. The zero-order valence-corrected chi connectivity index (χ0v) is 21.0. The van der Waals surface area contributed by atoms with Gasteiger partial charge in [0.15, 0.2) is 5.69 Å². The van der Waals surface area contributed by atoms with Gasteiger partial charge in [-0.25, -0.2) is 9.18 Å². The summed E-state index contributed by atoms with van der Waals surface area (Å²) in [6.07, 6.45) is 19.8. The lowest BCUT2D eigenvalue weighted by molar-refractivity contribution is -0.392. The molecule has 198 valence electrons. The van der Waals surface area contributed by atoms with Gasteiger partial charge in [0.25, 0.3) is 0 Å². The van der Waals surface area contributed by atoms with E-state index in [0.717, 1.165) is 25.7 Å². The van der Waals surface area contributed by atoms with Crippen molar-refractivity contribution >= 4 is 23.1 Å². The summed E-state index contributed by atoms with van der Waals surface area (Å²) in [7, 11) is 0. The largest absolute Gasteiger partial charge is 0.338 e. The predicted octanol–water partition coefficient (Wildman–Crippen LogP) is 8.03. The Bertz CT molecular complexity index is 756. The number of nitro benzene ring substituents is 2. The summed E-state index contributed by atoms with van der Waals surface area (Å²) >= 11 is 0. The number of unbranched alkanes of at least 4 members (excludes halogenated alkanes) is 15. The van der Waals surface area contributed by atoms with E-state index in [2.05, 4.69) is 17.6 Å². The lowest BCUT2D eigenvalue weighted by Gasteiger charge is -2.09. The molecule has 0 spiro atoms. The van der Waals surface area contributed by atoms with Crippen LogP contribution in [0.5, 0.6) is 0 Å². The molecular formula is C25H41FN4O5. The maximum Gasteiger partial charge on any atom is 0.319 e. The van der Waals surface area contributed by atoms with Crippen LogP contribution < -0.4 is 10.6 Å². The van der Waals surface area contributed by atoms with Gasteiger partial charge in [0.05, 0.1) is 22.0 Å². The first-order valence-corrected chi connectivity index (χ1v) is 13.0. The van der Waals surface area contributed by atoms with E-state index in [1.54, 1.807) is 0 Å². The van der Waals surface area contributed by atoms with Crippen LogP contribution in [0.1, 0.15) is 110 Å². The Hall–Kier alpha value is -2.78. The minimum Gasteiger partial charge on any atom is -0.338 e. The fourth-order valence-electron chi connectivity index (χ4n) is 4.03. The number of carbonyl (C=O) groups excluding carboxylic acids is 1. The number of nitrogens with one attached hydrogen (secondary N) is 2. The maximum absolute atomic E-state index is 13.5. The van der Waals surface area contributed by atoms with Crippen molar-refractivity contribution in [1.82, 2.24) is 5.32 Å². The predicted molar refractivity (Wildman–Crippen MR) is 136 cm³/mol. The molecule has 0 atom stereocenters. The number of nitro groups is 2. The van der Waals surface area contributed by atoms with Crippen molar-refractivity contribution in [2.24, 2.45) is 0 Å². The van der Waals surface area contributed by atoms with Gasteiger partial charge in [0.2, 0.25) is 0 Å². The lowest BCUT2D eigenvalue weighted by Crippen LogP contribution is -2.30. The van der Waals surface area contributed by atoms with Crippen LogP contribution in [0.2, 0.25) is 0 Å². The molecule has 0 bridgehead atoms. The molecule has 1 aromatic carbocycles. The molecule has 9 nitrogen and oxygen atoms in total. The fourth-order valence-corrected chi connectivity index (χ4v) is 4.03. The highest BCUT2D eigenvalue weighted by molar-refractivity contribution is 5.95. The van der Waals surface area contributed by atoms with Crippen LogP contribution in [-0.2, 0) is 0 Å². The number of benzene rings is 1.